The number of aromatic nitrogens is 7. The Morgan fingerprint density at radius 1 is 0.925 bits per heavy atom. The summed E-state index contributed by atoms with van der Waals surface area (Å²) < 4.78 is 14.2. The Balaban J connectivity index is 1.25. The van der Waals surface area contributed by atoms with E-state index in [0.717, 1.165) is 50.4 Å². The first kappa shape index (κ1) is 24.1. The number of hydrogen-bond donors (Lipinski definition) is 3. The van der Waals surface area contributed by atoms with Crippen LogP contribution in [0.2, 0.25) is 0 Å². The molecule has 40 heavy (non-hydrogen) atoms. The van der Waals surface area contributed by atoms with Crippen LogP contribution >= 0.6 is 0 Å². The fourth-order valence-corrected chi connectivity index (χ4v) is 5.58. The Kier molecular flexibility index (Phi) is 5.84. The van der Waals surface area contributed by atoms with Gasteiger partial charge >= 0.3 is 0 Å². The number of anilines is 1. The lowest BCUT2D eigenvalue weighted by molar-refractivity contribution is 0.627. The molecule has 9 heteroatoms. The highest BCUT2D eigenvalue weighted by Crippen LogP contribution is 2.33. The quantitative estimate of drug-likeness (QED) is 0.210. The molecule has 0 amide bonds. The van der Waals surface area contributed by atoms with Crippen molar-refractivity contribution in [2.75, 3.05) is 5.32 Å². The number of H-pyrrole nitrogens is 2. The van der Waals surface area contributed by atoms with Gasteiger partial charge in [-0.05, 0) is 67.1 Å². The minimum atomic E-state index is -0.297. The number of nitrogens with zero attached hydrogens (tertiary/aromatic N) is 5. The molecule has 1 fully saturated rings. The van der Waals surface area contributed by atoms with Crippen LogP contribution in [0.1, 0.15) is 31.2 Å². The zero-order valence-corrected chi connectivity index (χ0v) is 22.0. The molecule has 0 unspecified atom stereocenters. The smallest absolute Gasteiger partial charge is 0.161 e. The Labute approximate surface area is 229 Å². The molecule has 6 aromatic rings. The van der Waals surface area contributed by atoms with Crippen LogP contribution in [0.25, 0.3) is 56.0 Å². The van der Waals surface area contributed by atoms with Gasteiger partial charge in [0.05, 0.1) is 40.3 Å². The van der Waals surface area contributed by atoms with Crippen LogP contribution in [0.4, 0.5) is 10.1 Å². The third-order valence-corrected chi connectivity index (χ3v) is 7.57. The van der Waals surface area contributed by atoms with Gasteiger partial charge in [-0.2, -0.15) is 5.10 Å². The highest BCUT2D eigenvalue weighted by Gasteiger charge is 2.19. The van der Waals surface area contributed by atoms with E-state index in [0.29, 0.717) is 28.5 Å². The van der Waals surface area contributed by atoms with Crippen LogP contribution < -0.4 is 5.32 Å². The van der Waals surface area contributed by atoms with Crippen molar-refractivity contribution in [3.63, 3.8) is 0 Å². The van der Waals surface area contributed by atoms with Gasteiger partial charge in [0, 0.05) is 29.2 Å². The molecule has 8 nitrogen and oxygen atoms in total. The molecule has 7 rings (SSSR count). The molecule has 1 aromatic carbocycles. The summed E-state index contributed by atoms with van der Waals surface area (Å²) in [4.78, 5) is 21.9. The maximum Gasteiger partial charge on any atom is 0.161 e. The number of rotatable bonds is 6. The average Bonchev–Trinajstić information content (AvgIpc) is 3.71. The van der Waals surface area contributed by atoms with E-state index in [-0.39, 0.29) is 5.82 Å². The molecule has 1 aliphatic carbocycles. The third kappa shape index (κ3) is 4.39. The summed E-state index contributed by atoms with van der Waals surface area (Å²) in [6, 6.07) is 10.9. The Hall–Kier alpha value is -4.92. The van der Waals surface area contributed by atoms with E-state index in [1.54, 1.807) is 18.6 Å². The number of allylic oxidation sites excluding steroid dienone is 1. The van der Waals surface area contributed by atoms with E-state index in [2.05, 4.69) is 37.0 Å². The first-order chi connectivity index (χ1) is 19.5. The number of aryl methyl sites for hydroxylation is 1. The van der Waals surface area contributed by atoms with Crippen molar-refractivity contribution in [2.24, 2.45) is 5.92 Å². The van der Waals surface area contributed by atoms with E-state index in [9.17, 15) is 4.39 Å². The second-order valence-electron chi connectivity index (χ2n) is 10.4. The summed E-state index contributed by atoms with van der Waals surface area (Å²) >= 11 is 0. The number of pyridine rings is 3. The molecular weight excluding hydrogens is 503 g/mol. The molecule has 0 radical (unpaired) electrons. The highest BCUT2D eigenvalue weighted by molar-refractivity contribution is 5.95. The molecule has 0 atom stereocenters. The Bertz CT molecular complexity index is 1880. The molecule has 1 saturated carbocycles. The molecule has 0 saturated heterocycles. The van der Waals surface area contributed by atoms with E-state index in [4.69, 9.17) is 9.97 Å². The summed E-state index contributed by atoms with van der Waals surface area (Å²) in [6.45, 7) is 6.13. The molecular formula is C31H27FN8. The van der Waals surface area contributed by atoms with Gasteiger partial charge in [-0.1, -0.05) is 25.5 Å². The fourth-order valence-electron chi connectivity index (χ4n) is 5.58. The molecule has 5 aromatic heterocycles. The minimum absolute atomic E-state index is 0.297. The zero-order chi connectivity index (χ0) is 27.2. The van der Waals surface area contributed by atoms with E-state index in [1.807, 2.05) is 37.4 Å². The normalized spacial score (nSPS) is 13.8. The largest absolute Gasteiger partial charge is 0.358 e. The SMILES string of the molecule is C=C(Nc1cncc(-c2ccc3[nH]nc(-c4nc5c(-c6cc(C)cc(F)c6)cncc5[nH]4)c3n2)c1)C1CCCC1. The van der Waals surface area contributed by atoms with Crippen molar-refractivity contribution in [1.29, 1.82) is 0 Å². The molecule has 198 valence electrons. The summed E-state index contributed by atoms with van der Waals surface area (Å²) in [5, 5.41) is 11.0. The van der Waals surface area contributed by atoms with Crippen molar-refractivity contribution in [2.45, 2.75) is 32.6 Å². The molecule has 1 aliphatic rings. The number of benzene rings is 1. The van der Waals surface area contributed by atoms with Gasteiger partial charge in [-0.25, -0.2) is 14.4 Å². The van der Waals surface area contributed by atoms with Crippen molar-refractivity contribution in [3.05, 3.63) is 84.8 Å². The number of imidazole rings is 1. The Morgan fingerprint density at radius 3 is 2.62 bits per heavy atom. The maximum atomic E-state index is 14.2. The highest BCUT2D eigenvalue weighted by atomic mass is 19.1. The number of aromatic amines is 2. The number of halogens is 1. The Morgan fingerprint density at radius 2 is 1.77 bits per heavy atom. The summed E-state index contributed by atoms with van der Waals surface area (Å²) in [5.74, 6) is 0.764. The lowest BCUT2D eigenvalue weighted by Crippen LogP contribution is -2.07. The summed E-state index contributed by atoms with van der Waals surface area (Å²) in [5.41, 5.74) is 9.36. The number of hydrogen-bond acceptors (Lipinski definition) is 6. The van der Waals surface area contributed by atoms with Crippen molar-refractivity contribution >= 4 is 27.8 Å². The van der Waals surface area contributed by atoms with Crippen LogP contribution in [0.15, 0.2) is 73.5 Å². The monoisotopic (exact) mass is 530 g/mol. The lowest BCUT2D eigenvalue weighted by Gasteiger charge is -2.15. The van der Waals surface area contributed by atoms with Gasteiger partial charge in [-0.15, -0.1) is 0 Å². The zero-order valence-electron chi connectivity index (χ0n) is 22.0. The molecule has 0 aliphatic heterocycles. The molecule has 0 bridgehead atoms. The van der Waals surface area contributed by atoms with Crippen LogP contribution in [0.3, 0.4) is 0 Å². The predicted molar refractivity (Wildman–Crippen MR) is 155 cm³/mol. The predicted octanol–water partition coefficient (Wildman–Crippen LogP) is 7.19. The van der Waals surface area contributed by atoms with Gasteiger partial charge in [-0.3, -0.25) is 15.1 Å². The average molecular weight is 531 g/mol. The standard InChI is InChI=1S/C31H27FN8/c1-17-9-20(11-22(32)10-17)24-15-34-16-27-28(24)38-31(37-27)30-29-26(39-40-30)8-7-25(36-29)21-12-23(14-33-13-21)35-18(2)19-5-3-4-6-19/h7-16,19,35H,2-6H2,1H3,(H,37,38)(H,39,40). The van der Waals surface area contributed by atoms with Gasteiger partial charge in [0.15, 0.2) is 11.5 Å². The first-order valence-electron chi connectivity index (χ1n) is 13.4. The minimum Gasteiger partial charge on any atom is -0.358 e. The maximum absolute atomic E-state index is 14.2. The summed E-state index contributed by atoms with van der Waals surface area (Å²) in [6.07, 6.45) is 11.9. The van der Waals surface area contributed by atoms with E-state index >= 15 is 0 Å². The van der Waals surface area contributed by atoms with Gasteiger partial charge in [0.2, 0.25) is 0 Å². The number of fused-ring (bicyclic) bond motifs is 2. The van der Waals surface area contributed by atoms with Crippen LogP contribution in [0, 0.1) is 18.7 Å². The van der Waals surface area contributed by atoms with Gasteiger partial charge < -0.3 is 10.3 Å². The molecule has 0 spiro atoms. The van der Waals surface area contributed by atoms with Crippen LogP contribution in [0.5, 0.6) is 0 Å². The second kappa shape index (κ2) is 9.68. The number of nitrogens with one attached hydrogen (secondary N) is 3. The fraction of sp³-hybridized carbons (Fsp3) is 0.194. The molecule has 5 heterocycles. The van der Waals surface area contributed by atoms with Crippen molar-refractivity contribution in [1.82, 2.24) is 35.1 Å². The van der Waals surface area contributed by atoms with Crippen molar-refractivity contribution < 1.29 is 4.39 Å². The topological polar surface area (TPSA) is 108 Å². The lowest BCUT2D eigenvalue weighted by atomic mass is 10.0. The first-order valence-corrected chi connectivity index (χ1v) is 13.4. The van der Waals surface area contributed by atoms with Crippen molar-refractivity contribution in [3.8, 4) is 33.9 Å². The van der Waals surface area contributed by atoms with Gasteiger partial charge in [0.25, 0.3) is 0 Å². The summed E-state index contributed by atoms with van der Waals surface area (Å²) in [7, 11) is 0. The van der Waals surface area contributed by atoms with Gasteiger partial charge in [0.1, 0.15) is 11.3 Å². The van der Waals surface area contributed by atoms with E-state index in [1.165, 1.54) is 37.8 Å². The van der Waals surface area contributed by atoms with Crippen LogP contribution in [-0.4, -0.2) is 35.1 Å². The second-order valence-corrected chi connectivity index (χ2v) is 10.4. The van der Waals surface area contributed by atoms with Crippen LogP contribution in [-0.2, 0) is 0 Å². The third-order valence-electron chi connectivity index (χ3n) is 7.57. The van der Waals surface area contributed by atoms with E-state index < -0.39 is 0 Å². The molecule has 3 N–H and O–H groups in total.